The molecule has 11 aromatic carbocycles. The van der Waals surface area contributed by atoms with Gasteiger partial charge < -0.3 is 9.80 Å². The molecule has 0 unspecified atom stereocenters. The Morgan fingerprint density at radius 2 is 0.851 bits per heavy atom. The third-order valence-electron chi connectivity index (χ3n) is 13.5. The van der Waals surface area contributed by atoms with Crippen LogP contribution in [0.3, 0.4) is 0 Å². The minimum atomic E-state index is -0.766. The van der Waals surface area contributed by atoms with Crippen LogP contribution in [0.5, 0.6) is 0 Å². The number of benzene rings is 11. The molecule has 0 aliphatic heterocycles. The van der Waals surface area contributed by atoms with Crippen molar-refractivity contribution in [2.24, 2.45) is 0 Å². The van der Waals surface area contributed by atoms with Crippen LogP contribution in [-0.2, 0) is 5.41 Å². The van der Waals surface area contributed by atoms with Gasteiger partial charge in [-0.05, 0) is 139 Å². The zero-order valence-electron chi connectivity index (χ0n) is 36.4. The highest BCUT2D eigenvalue weighted by molar-refractivity contribution is 6.24. The highest BCUT2D eigenvalue weighted by Crippen LogP contribution is 2.63. The van der Waals surface area contributed by atoms with E-state index in [0.29, 0.717) is 11.3 Å². The largest absolute Gasteiger partial charge is 0.311 e. The van der Waals surface area contributed by atoms with Gasteiger partial charge in [-0.3, -0.25) is 0 Å². The fourth-order valence-electron chi connectivity index (χ4n) is 10.7. The molecule has 0 heterocycles. The average molecular weight is 853 g/mol. The maximum absolute atomic E-state index is 9.85. The van der Waals surface area contributed by atoms with Crippen molar-refractivity contribution in [1.29, 1.82) is 5.26 Å². The van der Waals surface area contributed by atoms with Crippen molar-refractivity contribution in [1.82, 2.24) is 0 Å². The van der Waals surface area contributed by atoms with Crippen LogP contribution in [0, 0.1) is 17.9 Å². The lowest BCUT2D eigenvalue weighted by molar-refractivity contribution is 0.776. The number of nitriles is 1. The Labute approximate surface area is 389 Å². The monoisotopic (exact) mass is 852 g/mol. The van der Waals surface area contributed by atoms with Gasteiger partial charge in [-0.15, -0.1) is 0 Å². The van der Waals surface area contributed by atoms with E-state index in [9.17, 15) is 5.26 Å². The predicted molar refractivity (Wildman–Crippen MR) is 277 cm³/mol. The van der Waals surface area contributed by atoms with Gasteiger partial charge in [0, 0.05) is 33.8 Å². The van der Waals surface area contributed by atoms with E-state index in [1.807, 2.05) is 42.5 Å². The lowest BCUT2D eigenvalue weighted by Gasteiger charge is -2.36. The van der Waals surface area contributed by atoms with E-state index in [2.05, 4.69) is 221 Å². The summed E-state index contributed by atoms with van der Waals surface area (Å²) in [5.41, 5.74) is 13.8. The number of anilines is 6. The second kappa shape index (κ2) is 16.1. The van der Waals surface area contributed by atoms with Gasteiger partial charge in [0.1, 0.15) is 0 Å². The molecule has 0 bridgehead atoms. The molecule has 12 rings (SSSR count). The number of fused-ring (bicyclic) bond motifs is 10. The van der Waals surface area contributed by atoms with Crippen LogP contribution in [0.4, 0.5) is 39.8 Å². The van der Waals surface area contributed by atoms with Crippen molar-refractivity contribution in [2.45, 2.75) is 5.41 Å². The molecule has 4 nitrogen and oxygen atoms in total. The van der Waals surface area contributed by atoms with Gasteiger partial charge in [-0.1, -0.05) is 164 Å². The normalized spacial score (nSPS) is 12.3. The van der Waals surface area contributed by atoms with E-state index in [1.54, 1.807) is 0 Å². The molecule has 0 saturated heterocycles. The first-order valence-electron chi connectivity index (χ1n) is 22.5. The van der Waals surface area contributed by atoms with Gasteiger partial charge in [0.05, 0.1) is 29.3 Å². The molecule has 1 aliphatic carbocycles. The molecule has 0 amide bonds. The minimum absolute atomic E-state index is 0.606. The summed E-state index contributed by atoms with van der Waals surface area (Å²) >= 11 is 0. The lowest BCUT2D eigenvalue weighted by atomic mass is 9.66. The van der Waals surface area contributed by atoms with Gasteiger partial charge >= 0.3 is 0 Å². The summed E-state index contributed by atoms with van der Waals surface area (Å²) in [7, 11) is 0. The zero-order chi connectivity index (χ0) is 44.9. The maximum Gasteiger partial charge on any atom is 0.187 e. The summed E-state index contributed by atoms with van der Waals surface area (Å²) in [5.74, 6) is 0. The molecule has 0 aromatic heterocycles. The topological polar surface area (TPSA) is 34.6 Å². The van der Waals surface area contributed by atoms with Crippen molar-refractivity contribution in [3.8, 4) is 17.2 Å². The van der Waals surface area contributed by atoms with Crippen molar-refractivity contribution in [3.63, 3.8) is 0 Å². The smallest absolute Gasteiger partial charge is 0.187 e. The van der Waals surface area contributed by atoms with Crippen molar-refractivity contribution in [2.75, 3.05) is 9.80 Å². The fourth-order valence-corrected chi connectivity index (χ4v) is 10.7. The summed E-state index contributed by atoms with van der Waals surface area (Å²) in [5, 5.41) is 16.8. The molecule has 0 radical (unpaired) electrons. The van der Waals surface area contributed by atoms with Gasteiger partial charge in [0.25, 0.3) is 0 Å². The van der Waals surface area contributed by atoms with Gasteiger partial charge in [0.2, 0.25) is 0 Å². The number of rotatable bonds is 8. The molecule has 312 valence electrons. The minimum Gasteiger partial charge on any atom is -0.311 e. The van der Waals surface area contributed by atoms with Crippen LogP contribution in [0.1, 0.15) is 27.8 Å². The Morgan fingerprint density at radius 3 is 1.43 bits per heavy atom. The van der Waals surface area contributed by atoms with Crippen molar-refractivity contribution in [3.05, 3.63) is 282 Å². The van der Waals surface area contributed by atoms with Gasteiger partial charge in [-0.2, -0.15) is 5.26 Å². The third kappa shape index (κ3) is 6.20. The number of hydrogen-bond acceptors (Lipinski definition) is 3. The van der Waals surface area contributed by atoms with Crippen LogP contribution in [0.15, 0.2) is 243 Å². The van der Waals surface area contributed by atoms with Crippen molar-refractivity contribution < 1.29 is 0 Å². The number of nitrogens with zero attached hydrogens (tertiary/aromatic N) is 4. The zero-order valence-corrected chi connectivity index (χ0v) is 36.4. The van der Waals surface area contributed by atoms with E-state index >= 15 is 0 Å². The average Bonchev–Trinajstić information content (AvgIpc) is 3.72. The van der Waals surface area contributed by atoms with Crippen LogP contribution < -0.4 is 9.80 Å². The van der Waals surface area contributed by atoms with Crippen LogP contribution in [0.25, 0.3) is 48.3 Å². The molecule has 4 heteroatoms. The quantitative estimate of drug-likeness (QED) is 0.113. The molecule has 1 aliphatic rings. The Kier molecular flexibility index (Phi) is 9.46. The van der Waals surface area contributed by atoms with E-state index in [0.717, 1.165) is 44.9 Å². The molecular weight excluding hydrogens is 813 g/mol. The first-order valence-corrected chi connectivity index (χ1v) is 22.5. The van der Waals surface area contributed by atoms with E-state index < -0.39 is 5.41 Å². The Balaban J connectivity index is 1.24. The molecule has 0 spiro atoms. The molecule has 0 saturated carbocycles. The second-order valence-electron chi connectivity index (χ2n) is 17.0. The summed E-state index contributed by atoms with van der Waals surface area (Å²) in [6.45, 7) is 7.65. The fraction of sp³-hybridized carbons (Fsp3) is 0.0159. The molecule has 11 aromatic rings. The lowest BCUT2D eigenvalue weighted by Crippen LogP contribution is -2.29. The first-order chi connectivity index (χ1) is 33.2. The van der Waals surface area contributed by atoms with Gasteiger partial charge in [0.15, 0.2) is 5.69 Å². The van der Waals surface area contributed by atoms with Crippen molar-refractivity contribution >= 4 is 72.1 Å². The number of hydrogen-bond donors (Lipinski definition) is 0. The van der Waals surface area contributed by atoms with E-state index in [-0.39, 0.29) is 0 Å². The van der Waals surface area contributed by atoms with Crippen LogP contribution in [0.2, 0.25) is 0 Å². The summed E-state index contributed by atoms with van der Waals surface area (Å²) in [6.07, 6.45) is 0. The predicted octanol–water partition coefficient (Wildman–Crippen LogP) is 16.9. The highest BCUT2D eigenvalue weighted by Gasteiger charge is 2.49. The Hall–Kier alpha value is -9.22. The molecule has 0 N–H and O–H groups in total. The summed E-state index contributed by atoms with van der Waals surface area (Å²) in [4.78, 5) is 8.33. The second-order valence-corrected chi connectivity index (χ2v) is 17.0. The summed E-state index contributed by atoms with van der Waals surface area (Å²) in [6, 6.07) is 88.5. The molecule has 0 atom stereocenters. The molecule has 0 fully saturated rings. The first kappa shape index (κ1) is 39.4. The maximum atomic E-state index is 9.85. The van der Waals surface area contributed by atoms with E-state index in [4.69, 9.17) is 6.57 Å². The van der Waals surface area contributed by atoms with Gasteiger partial charge in [-0.25, -0.2) is 4.85 Å². The number of para-hydroxylation sites is 2. The van der Waals surface area contributed by atoms with E-state index in [1.165, 1.54) is 54.9 Å². The molecule has 67 heavy (non-hydrogen) atoms. The summed E-state index contributed by atoms with van der Waals surface area (Å²) < 4.78 is 0. The third-order valence-corrected chi connectivity index (χ3v) is 13.5. The van der Waals surface area contributed by atoms with Crippen LogP contribution in [-0.4, -0.2) is 0 Å². The van der Waals surface area contributed by atoms with Crippen LogP contribution >= 0.6 is 0 Å². The highest BCUT2D eigenvalue weighted by atomic mass is 15.1. The Morgan fingerprint density at radius 1 is 0.388 bits per heavy atom. The SMILES string of the molecule is [C-]#[N+]c1ccc(N(c2ccccc2)c2ccc3c4c(c5ccccc5c3c2)-c2c(cc(N(c3ccccc3)c3ccc(C#N)cc3)c3ccccc23)C4(c2ccccc2)c2ccccc2)cc1. The molecular formula is C63H40N4. The Bertz CT molecular complexity index is 3700. The standard InChI is InChI=1S/C63H40N4/c1-65-46-32-36-49(37-33-46)66(47-22-10-4-11-23-47)51-38-39-56-57(40-51)52-26-14-16-28-54(52)61-60-55-29-17-15-27-53(55)59(67(48-24-12-5-13-25-48)50-34-30-43(42-64)31-35-50)41-58(60)63(62(56)61,44-18-6-2-7-19-44)45-20-8-3-9-21-45/h2-41H.